The molecule has 2 rings (SSSR count). The largest absolute Gasteiger partial charge is 0.322 e. The third kappa shape index (κ3) is 2.66. The van der Waals surface area contributed by atoms with Crippen LogP contribution < -0.4 is 5.32 Å². The van der Waals surface area contributed by atoms with Crippen molar-refractivity contribution in [2.75, 3.05) is 5.32 Å². The molecule has 0 radical (unpaired) electrons. The number of halogens is 5. The van der Waals surface area contributed by atoms with Gasteiger partial charge in [-0.15, -0.1) is 0 Å². The van der Waals surface area contributed by atoms with E-state index >= 15 is 0 Å². The summed E-state index contributed by atoms with van der Waals surface area (Å²) in [7, 11) is 0. The smallest absolute Gasteiger partial charge is 0.261 e. The van der Waals surface area contributed by atoms with E-state index in [1.807, 2.05) is 0 Å². The van der Waals surface area contributed by atoms with Gasteiger partial charge in [-0.2, -0.15) is 0 Å². The molecule has 0 fully saturated rings. The van der Waals surface area contributed by atoms with E-state index in [1.54, 1.807) is 26.0 Å². The Bertz CT molecular complexity index is 744. The Morgan fingerprint density at radius 3 is 1.91 bits per heavy atom. The van der Waals surface area contributed by atoms with E-state index in [4.69, 9.17) is 0 Å². The molecule has 7 heteroatoms. The van der Waals surface area contributed by atoms with Gasteiger partial charge in [-0.25, -0.2) is 22.0 Å². The number of benzene rings is 2. The first-order valence-corrected chi connectivity index (χ1v) is 6.14. The quantitative estimate of drug-likeness (QED) is 0.501. The van der Waals surface area contributed by atoms with E-state index in [9.17, 15) is 26.7 Å². The minimum atomic E-state index is -2.31. The molecule has 1 amide bonds. The lowest BCUT2D eigenvalue weighted by Gasteiger charge is -2.11. The van der Waals surface area contributed by atoms with Crippen molar-refractivity contribution in [3.05, 3.63) is 64.0 Å². The zero-order valence-corrected chi connectivity index (χ0v) is 11.5. The van der Waals surface area contributed by atoms with Crippen LogP contribution in [0.25, 0.3) is 0 Å². The number of carbonyl (C=O) groups excluding carboxylic acids is 1. The highest BCUT2D eigenvalue weighted by Crippen LogP contribution is 2.25. The zero-order valence-electron chi connectivity index (χ0n) is 11.5. The summed E-state index contributed by atoms with van der Waals surface area (Å²) in [5, 5.41) is 2.15. The maximum absolute atomic E-state index is 13.6. The monoisotopic (exact) mass is 315 g/mol. The number of rotatable bonds is 2. The normalized spacial score (nSPS) is 10.7. The van der Waals surface area contributed by atoms with Crippen molar-refractivity contribution in [3.8, 4) is 0 Å². The predicted molar refractivity (Wildman–Crippen MR) is 70.1 cm³/mol. The summed E-state index contributed by atoms with van der Waals surface area (Å²) in [5.41, 5.74) is 0.0207. The first-order chi connectivity index (χ1) is 10.2. The van der Waals surface area contributed by atoms with Crippen LogP contribution in [0.4, 0.5) is 27.6 Å². The third-order valence-electron chi connectivity index (χ3n) is 3.08. The number of hydrogen-bond acceptors (Lipinski definition) is 1. The average Bonchev–Trinajstić information content (AvgIpc) is 2.47. The van der Waals surface area contributed by atoms with Gasteiger partial charge in [0, 0.05) is 5.69 Å². The molecule has 0 saturated heterocycles. The third-order valence-corrected chi connectivity index (χ3v) is 3.08. The molecular weight excluding hydrogens is 305 g/mol. The Kier molecular flexibility index (Phi) is 4.16. The van der Waals surface area contributed by atoms with Crippen LogP contribution in [-0.4, -0.2) is 5.91 Å². The molecular formula is C15H10F5NO. The van der Waals surface area contributed by atoms with Gasteiger partial charge in [0.15, 0.2) is 23.3 Å². The minimum absolute atomic E-state index is 0.217. The van der Waals surface area contributed by atoms with E-state index in [2.05, 4.69) is 5.32 Å². The maximum atomic E-state index is 13.6. The molecule has 0 unspecified atom stereocenters. The molecule has 0 heterocycles. The molecule has 0 aromatic heterocycles. The van der Waals surface area contributed by atoms with Crippen LogP contribution in [0.15, 0.2) is 18.2 Å². The Morgan fingerprint density at radius 2 is 1.36 bits per heavy atom. The fourth-order valence-electron chi connectivity index (χ4n) is 1.86. The van der Waals surface area contributed by atoms with Gasteiger partial charge < -0.3 is 5.32 Å². The number of nitrogens with one attached hydrogen (secondary N) is 1. The molecule has 0 spiro atoms. The van der Waals surface area contributed by atoms with Gasteiger partial charge in [0.1, 0.15) is 5.56 Å². The number of amides is 1. The molecule has 116 valence electrons. The van der Waals surface area contributed by atoms with Crippen LogP contribution in [0.2, 0.25) is 0 Å². The van der Waals surface area contributed by atoms with E-state index < -0.39 is 40.6 Å². The van der Waals surface area contributed by atoms with Crippen molar-refractivity contribution < 1.29 is 26.7 Å². The summed E-state index contributed by atoms with van der Waals surface area (Å²) in [4.78, 5) is 11.9. The Labute approximate surface area is 122 Å². The van der Waals surface area contributed by atoms with E-state index in [0.717, 1.165) is 5.56 Å². The topological polar surface area (TPSA) is 29.1 Å². The predicted octanol–water partition coefficient (Wildman–Crippen LogP) is 4.25. The van der Waals surface area contributed by atoms with E-state index in [0.29, 0.717) is 5.56 Å². The lowest BCUT2D eigenvalue weighted by Crippen LogP contribution is -2.19. The first-order valence-electron chi connectivity index (χ1n) is 6.14. The van der Waals surface area contributed by atoms with Gasteiger partial charge in [0.2, 0.25) is 5.82 Å². The second kappa shape index (κ2) is 5.75. The van der Waals surface area contributed by atoms with Crippen molar-refractivity contribution in [1.29, 1.82) is 0 Å². The Balaban J connectivity index is 2.49. The standard InChI is InChI=1S/C15H10F5NO/c1-6-3-4-7(2)8(5-6)21-15(22)9-10(16)12(18)14(20)13(19)11(9)17/h3-5H,1-2H3,(H,21,22). The second-order valence-corrected chi connectivity index (χ2v) is 4.72. The summed E-state index contributed by atoms with van der Waals surface area (Å²) in [6.07, 6.45) is 0. The summed E-state index contributed by atoms with van der Waals surface area (Å²) in [5.74, 6) is -12.4. The SMILES string of the molecule is Cc1ccc(C)c(NC(=O)c2c(F)c(F)c(F)c(F)c2F)c1. The van der Waals surface area contributed by atoms with Gasteiger partial charge >= 0.3 is 0 Å². The summed E-state index contributed by atoms with van der Waals surface area (Å²) in [6.45, 7) is 3.33. The number of carbonyl (C=O) groups is 1. The molecule has 2 nitrogen and oxygen atoms in total. The lowest BCUT2D eigenvalue weighted by atomic mass is 10.1. The van der Waals surface area contributed by atoms with Crippen LogP contribution in [0.5, 0.6) is 0 Å². The van der Waals surface area contributed by atoms with Crippen LogP contribution in [0.3, 0.4) is 0 Å². The fraction of sp³-hybridized carbons (Fsp3) is 0.133. The molecule has 0 bridgehead atoms. The average molecular weight is 315 g/mol. The van der Waals surface area contributed by atoms with Crippen LogP contribution in [0, 0.1) is 42.9 Å². The molecule has 2 aromatic rings. The zero-order chi connectivity index (χ0) is 16.6. The summed E-state index contributed by atoms with van der Waals surface area (Å²) >= 11 is 0. The van der Waals surface area contributed by atoms with Crippen LogP contribution >= 0.6 is 0 Å². The molecule has 1 N–H and O–H groups in total. The molecule has 0 atom stereocenters. The number of hydrogen-bond donors (Lipinski definition) is 1. The molecule has 0 aliphatic rings. The van der Waals surface area contributed by atoms with Gasteiger partial charge in [0.05, 0.1) is 0 Å². The van der Waals surface area contributed by atoms with Gasteiger partial charge in [0.25, 0.3) is 5.91 Å². The maximum Gasteiger partial charge on any atom is 0.261 e. The number of anilines is 1. The molecule has 22 heavy (non-hydrogen) atoms. The summed E-state index contributed by atoms with van der Waals surface area (Å²) in [6, 6.07) is 4.89. The van der Waals surface area contributed by atoms with Crippen LogP contribution in [0.1, 0.15) is 21.5 Å². The van der Waals surface area contributed by atoms with Crippen molar-refractivity contribution in [3.63, 3.8) is 0 Å². The van der Waals surface area contributed by atoms with Crippen molar-refractivity contribution in [2.45, 2.75) is 13.8 Å². The highest BCUT2D eigenvalue weighted by molar-refractivity contribution is 6.05. The Morgan fingerprint density at radius 1 is 0.864 bits per heavy atom. The van der Waals surface area contributed by atoms with Gasteiger partial charge in [-0.1, -0.05) is 12.1 Å². The second-order valence-electron chi connectivity index (χ2n) is 4.72. The van der Waals surface area contributed by atoms with Crippen LogP contribution in [-0.2, 0) is 0 Å². The highest BCUT2D eigenvalue weighted by atomic mass is 19.2. The number of aryl methyl sites for hydroxylation is 2. The molecule has 0 aliphatic carbocycles. The minimum Gasteiger partial charge on any atom is -0.322 e. The Hall–Kier alpha value is -2.44. The first kappa shape index (κ1) is 15.9. The van der Waals surface area contributed by atoms with Crippen molar-refractivity contribution in [1.82, 2.24) is 0 Å². The lowest BCUT2D eigenvalue weighted by molar-refractivity contribution is 0.101. The van der Waals surface area contributed by atoms with E-state index in [-0.39, 0.29) is 5.69 Å². The van der Waals surface area contributed by atoms with Crippen molar-refractivity contribution in [2.24, 2.45) is 0 Å². The summed E-state index contributed by atoms with van der Waals surface area (Å²) < 4.78 is 66.3. The van der Waals surface area contributed by atoms with Crippen molar-refractivity contribution >= 4 is 11.6 Å². The molecule has 2 aromatic carbocycles. The molecule has 0 aliphatic heterocycles. The van der Waals surface area contributed by atoms with Gasteiger partial charge in [-0.05, 0) is 31.0 Å². The molecule has 0 saturated carbocycles. The van der Waals surface area contributed by atoms with Gasteiger partial charge in [-0.3, -0.25) is 4.79 Å². The van der Waals surface area contributed by atoms with E-state index in [1.165, 1.54) is 6.07 Å². The fourth-order valence-corrected chi connectivity index (χ4v) is 1.86. The highest BCUT2D eigenvalue weighted by Gasteiger charge is 2.29.